The number of hydrogen-bond donors (Lipinski definition) is 0. The fourth-order valence-corrected chi connectivity index (χ4v) is 2.34. The predicted molar refractivity (Wildman–Crippen MR) is 72.6 cm³/mol. The van der Waals surface area contributed by atoms with Crippen molar-refractivity contribution in [2.75, 3.05) is 0 Å². The monoisotopic (exact) mass is 254 g/mol. The first kappa shape index (κ1) is 11.8. The average molecular weight is 254 g/mol. The van der Waals surface area contributed by atoms with Gasteiger partial charge in [-0.15, -0.1) is 0 Å². The zero-order valence-electron chi connectivity index (χ0n) is 11.1. The first-order valence-corrected chi connectivity index (χ1v) is 6.18. The van der Waals surface area contributed by atoms with Crippen LogP contribution < -0.4 is 0 Å². The van der Waals surface area contributed by atoms with Crippen LogP contribution >= 0.6 is 0 Å². The number of carbonyl (C=O) groups excluding carboxylic acids is 1. The van der Waals surface area contributed by atoms with Gasteiger partial charge in [-0.3, -0.25) is 4.79 Å². The number of ketones is 1. The van der Waals surface area contributed by atoms with Crippen LogP contribution in [0.3, 0.4) is 0 Å². The van der Waals surface area contributed by atoms with Crippen molar-refractivity contribution in [3.8, 4) is 0 Å². The molecule has 0 saturated carbocycles. The van der Waals surface area contributed by atoms with E-state index in [0.717, 1.165) is 22.3 Å². The van der Waals surface area contributed by atoms with Crippen LogP contribution in [0.15, 0.2) is 39.2 Å². The number of hydrogen-bond acceptors (Lipinski definition) is 3. The maximum absolute atomic E-state index is 12.5. The Morgan fingerprint density at radius 1 is 1.00 bits per heavy atom. The number of rotatable bonds is 2. The first-order valence-electron chi connectivity index (χ1n) is 6.18. The van der Waals surface area contributed by atoms with E-state index in [4.69, 9.17) is 8.83 Å². The summed E-state index contributed by atoms with van der Waals surface area (Å²) < 4.78 is 11.1. The van der Waals surface area contributed by atoms with Crippen molar-refractivity contribution < 1.29 is 13.6 Å². The van der Waals surface area contributed by atoms with Gasteiger partial charge in [0, 0.05) is 10.9 Å². The summed E-state index contributed by atoms with van der Waals surface area (Å²) in [6.07, 6.45) is 0. The minimum atomic E-state index is -0.122. The Balaban J connectivity index is 2.13. The van der Waals surface area contributed by atoms with E-state index in [2.05, 4.69) is 0 Å². The molecule has 0 aliphatic carbocycles. The van der Waals surface area contributed by atoms with Gasteiger partial charge in [-0.25, -0.2) is 0 Å². The number of aryl methyl sites for hydroxylation is 2. The van der Waals surface area contributed by atoms with Crippen LogP contribution in [0.25, 0.3) is 11.0 Å². The number of carbonyl (C=O) groups is 1. The largest absolute Gasteiger partial charge is 0.466 e. The predicted octanol–water partition coefficient (Wildman–Crippen LogP) is 4.18. The van der Waals surface area contributed by atoms with Gasteiger partial charge < -0.3 is 8.83 Å². The molecule has 0 spiro atoms. The molecule has 1 aromatic carbocycles. The SMILES string of the molecule is Cc1oc(C)c(C(=O)c2cc3ccccc3o2)c1C. The summed E-state index contributed by atoms with van der Waals surface area (Å²) in [5.74, 6) is 1.65. The van der Waals surface area contributed by atoms with E-state index in [-0.39, 0.29) is 5.78 Å². The maximum atomic E-state index is 12.5. The van der Waals surface area contributed by atoms with Crippen molar-refractivity contribution in [2.45, 2.75) is 20.8 Å². The van der Waals surface area contributed by atoms with Gasteiger partial charge in [0.1, 0.15) is 17.1 Å². The Hall–Kier alpha value is -2.29. The van der Waals surface area contributed by atoms with Crippen molar-refractivity contribution in [3.63, 3.8) is 0 Å². The summed E-state index contributed by atoms with van der Waals surface area (Å²) >= 11 is 0. The normalized spacial score (nSPS) is 11.1. The Kier molecular flexibility index (Phi) is 2.56. The van der Waals surface area contributed by atoms with Gasteiger partial charge in [-0.2, -0.15) is 0 Å². The molecule has 0 bridgehead atoms. The average Bonchev–Trinajstić information content (AvgIpc) is 2.91. The molecule has 0 amide bonds. The van der Waals surface area contributed by atoms with Gasteiger partial charge >= 0.3 is 0 Å². The molecular formula is C16H14O3. The molecule has 3 rings (SSSR count). The van der Waals surface area contributed by atoms with E-state index in [9.17, 15) is 4.79 Å². The highest BCUT2D eigenvalue weighted by Crippen LogP contribution is 2.26. The highest BCUT2D eigenvalue weighted by atomic mass is 16.4. The van der Waals surface area contributed by atoms with E-state index in [1.165, 1.54) is 0 Å². The zero-order valence-corrected chi connectivity index (χ0v) is 11.1. The van der Waals surface area contributed by atoms with E-state index >= 15 is 0 Å². The Morgan fingerprint density at radius 2 is 1.74 bits per heavy atom. The fourth-order valence-electron chi connectivity index (χ4n) is 2.34. The van der Waals surface area contributed by atoms with E-state index in [1.54, 1.807) is 13.0 Å². The molecule has 0 aliphatic rings. The molecule has 0 atom stereocenters. The van der Waals surface area contributed by atoms with Crippen LogP contribution in [0.5, 0.6) is 0 Å². The van der Waals surface area contributed by atoms with Gasteiger partial charge in [0.05, 0.1) is 5.56 Å². The third-order valence-electron chi connectivity index (χ3n) is 3.44. The lowest BCUT2D eigenvalue weighted by molar-refractivity contribution is 0.101. The molecule has 0 aliphatic heterocycles. The van der Waals surface area contributed by atoms with E-state index in [0.29, 0.717) is 17.1 Å². The van der Waals surface area contributed by atoms with Crippen LogP contribution in [0, 0.1) is 20.8 Å². The molecule has 2 aromatic heterocycles. The minimum absolute atomic E-state index is 0.122. The molecule has 3 heteroatoms. The lowest BCUT2D eigenvalue weighted by atomic mass is 10.0. The summed E-state index contributed by atoms with van der Waals surface area (Å²) in [7, 11) is 0. The van der Waals surface area contributed by atoms with E-state index < -0.39 is 0 Å². The number of benzene rings is 1. The summed E-state index contributed by atoms with van der Waals surface area (Å²) in [4.78, 5) is 12.5. The third kappa shape index (κ3) is 1.78. The standard InChI is InChI=1S/C16H14O3/c1-9-10(2)18-11(3)15(9)16(17)14-8-12-6-4-5-7-13(12)19-14/h4-8H,1-3H3. The Morgan fingerprint density at radius 3 is 2.37 bits per heavy atom. The second-order valence-corrected chi connectivity index (χ2v) is 4.69. The van der Waals surface area contributed by atoms with Crippen LogP contribution in [0.4, 0.5) is 0 Å². The van der Waals surface area contributed by atoms with Crippen molar-refractivity contribution >= 4 is 16.8 Å². The van der Waals surface area contributed by atoms with Crippen molar-refractivity contribution in [1.29, 1.82) is 0 Å². The molecular weight excluding hydrogens is 240 g/mol. The molecule has 0 unspecified atom stereocenters. The highest BCUT2D eigenvalue weighted by molar-refractivity contribution is 6.10. The Bertz CT molecular complexity index is 741. The summed E-state index contributed by atoms with van der Waals surface area (Å²) in [5, 5.41) is 0.932. The molecule has 0 radical (unpaired) electrons. The van der Waals surface area contributed by atoms with Crippen molar-refractivity contribution in [1.82, 2.24) is 0 Å². The van der Waals surface area contributed by atoms with Crippen molar-refractivity contribution in [3.05, 3.63) is 58.7 Å². The van der Waals surface area contributed by atoms with Crippen molar-refractivity contribution in [2.24, 2.45) is 0 Å². The maximum Gasteiger partial charge on any atom is 0.232 e. The second-order valence-electron chi connectivity index (χ2n) is 4.69. The van der Waals surface area contributed by atoms with Crippen LogP contribution in [-0.4, -0.2) is 5.78 Å². The summed E-state index contributed by atoms with van der Waals surface area (Å²) in [5.41, 5.74) is 2.21. The first-order chi connectivity index (χ1) is 9.08. The molecule has 96 valence electrons. The molecule has 0 N–H and O–H groups in total. The van der Waals surface area contributed by atoms with Crippen LogP contribution in [-0.2, 0) is 0 Å². The lowest BCUT2D eigenvalue weighted by Gasteiger charge is -1.96. The van der Waals surface area contributed by atoms with Gasteiger partial charge in [0.25, 0.3) is 0 Å². The number of fused-ring (bicyclic) bond motifs is 1. The third-order valence-corrected chi connectivity index (χ3v) is 3.44. The number of furan rings is 2. The Labute approximate surface area is 110 Å². The smallest absolute Gasteiger partial charge is 0.232 e. The molecule has 0 saturated heterocycles. The van der Waals surface area contributed by atoms with Crippen LogP contribution in [0.2, 0.25) is 0 Å². The highest BCUT2D eigenvalue weighted by Gasteiger charge is 2.22. The summed E-state index contributed by atoms with van der Waals surface area (Å²) in [6.45, 7) is 5.55. The van der Waals surface area contributed by atoms with Gasteiger partial charge in [-0.1, -0.05) is 18.2 Å². The molecule has 19 heavy (non-hydrogen) atoms. The van der Waals surface area contributed by atoms with E-state index in [1.807, 2.05) is 38.1 Å². The number of para-hydroxylation sites is 1. The van der Waals surface area contributed by atoms with Gasteiger partial charge in [-0.05, 0) is 32.9 Å². The zero-order chi connectivity index (χ0) is 13.6. The molecule has 3 nitrogen and oxygen atoms in total. The molecule has 3 aromatic rings. The molecule has 2 heterocycles. The van der Waals surface area contributed by atoms with Gasteiger partial charge in [0.15, 0.2) is 5.76 Å². The topological polar surface area (TPSA) is 43.4 Å². The minimum Gasteiger partial charge on any atom is -0.466 e. The van der Waals surface area contributed by atoms with Gasteiger partial charge in [0.2, 0.25) is 5.78 Å². The quantitative estimate of drug-likeness (QED) is 0.644. The second kappa shape index (κ2) is 4.12. The fraction of sp³-hybridized carbons (Fsp3) is 0.188. The summed E-state index contributed by atoms with van der Waals surface area (Å²) in [6, 6.07) is 9.37. The van der Waals surface area contributed by atoms with Crippen LogP contribution in [0.1, 0.15) is 33.2 Å². The lowest BCUT2D eigenvalue weighted by Crippen LogP contribution is -2.02. The molecule has 0 fully saturated rings.